The lowest BCUT2D eigenvalue weighted by Crippen LogP contribution is -2.47. The summed E-state index contributed by atoms with van der Waals surface area (Å²) in [4.78, 5) is 27.9. The molecular formula is C24H28F2N4O4. The first-order valence-corrected chi connectivity index (χ1v) is 11.3. The van der Waals surface area contributed by atoms with Gasteiger partial charge in [0.1, 0.15) is 18.4 Å². The topological polar surface area (TPSA) is 83.1 Å². The summed E-state index contributed by atoms with van der Waals surface area (Å²) >= 11 is 0. The number of amides is 3. The molecule has 2 aromatic carbocycles. The molecule has 3 amide bonds. The normalized spacial score (nSPS) is 18.7. The third-order valence-corrected chi connectivity index (χ3v) is 6.19. The molecule has 0 spiro atoms. The van der Waals surface area contributed by atoms with E-state index in [1.54, 1.807) is 7.11 Å². The second-order valence-corrected chi connectivity index (χ2v) is 8.28. The van der Waals surface area contributed by atoms with Crippen molar-refractivity contribution in [2.75, 3.05) is 44.8 Å². The highest BCUT2D eigenvalue weighted by atomic mass is 19.2. The zero-order chi connectivity index (χ0) is 24.1. The molecule has 2 aromatic rings. The fourth-order valence-electron chi connectivity index (χ4n) is 4.28. The number of anilines is 1. The Balaban J connectivity index is 1.21. The lowest BCUT2D eigenvalue weighted by Gasteiger charge is -2.34. The highest BCUT2D eigenvalue weighted by Gasteiger charge is 2.39. The number of nitrogens with zero attached hydrogens (tertiary/aromatic N) is 2. The molecule has 2 N–H and O–H groups in total. The Bertz CT molecular complexity index is 1010. The number of cyclic esters (lactones) is 1. The average molecular weight is 475 g/mol. The van der Waals surface area contributed by atoms with Crippen molar-refractivity contribution in [2.24, 2.45) is 0 Å². The fraction of sp³-hybridized carbons (Fsp3) is 0.417. The van der Waals surface area contributed by atoms with Crippen LogP contribution >= 0.6 is 0 Å². The van der Waals surface area contributed by atoms with Crippen molar-refractivity contribution in [3.05, 3.63) is 59.7 Å². The van der Waals surface area contributed by atoms with E-state index in [1.807, 2.05) is 12.1 Å². The van der Waals surface area contributed by atoms with Crippen LogP contribution in [0.1, 0.15) is 24.4 Å². The van der Waals surface area contributed by atoms with Crippen LogP contribution in [0.3, 0.4) is 0 Å². The van der Waals surface area contributed by atoms with E-state index in [2.05, 4.69) is 27.7 Å². The number of carbonyl (C=O) groups excluding carboxylic acids is 2. The molecule has 0 aliphatic carbocycles. The number of hydrogen-bond donors (Lipinski definition) is 2. The number of halogens is 2. The Labute approximate surface area is 196 Å². The highest BCUT2D eigenvalue weighted by molar-refractivity contribution is 5.92. The molecule has 2 heterocycles. The maximum atomic E-state index is 13.6. The quantitative estimate of drug-likeness (QED) is 0.599. The number of hydrogen-bond acceptors (Lipinski definition) is 6. The molecule has 0 radical (unpaired) electrons. The van der Waals surface area contributed by atoms with Gasteiger partial charge in [-0.05, 0) is 54.8 Å². The molecule has 10 heteroatoms. The summed E-state index contributed by atoms with van der Waals surface area (Å²) in [5.41, 5.74) is 1.46. The summed E-state index contributed by atoms with van der Waals surface area (Å²) in [5, 5.41) is 6.14. The molecule has 2 aliphatic rings. The molecule has 8 nitrogen and oxygen atoms in total. The van der Waals surface area contributed by atoms with Crippen LogP contribution in [-0.4, -0.2) is 63.0 Å². The van der Waals surface area contributed by atoms with Gasteiger partial charge in [-0.25, -0.2) is 23.3 Å². The molecule has 0 aromatic heterocycles. The van der Waals surface area contributed by atoms with E-state index in [9.17, 15) is 18.4 Å². The number of piperidine rings is 1. The van der Waals surface area contributed by atoms with Crippen molar-refractivity contribution in [2.45, 2.75) is 24.9 Å². The third kappa shape index (κ3) is 5.39. The van der Waals surface area contributed by atoms with Crippen LogP contribution in [0.4, 0.5) is 24.1 Å². The summed E-state index contributed by atoms with van der Waals surface area (Å²) < 4.78 is 37.0. The van der Waals surface area contributed by atoms with Gasteiger partial charge in [0.05, 0.1) is 7.11 Å². The Kier molecular flexibility index (Phi) is 7.46. The smallest absolute Gasteiger partial charge is 0.418 e. The van der Waals surface area contributed by atoms with Gasteiger partial charge in [0, 0.05) is 37.9 Å². The number of rotatable bonds is 7. The SMILES string of the molecule is COc1ccc(N2CCC(NCCNC(=O)N3C(=O)OC[C@@H]3c3ccc(F)c(F)c3)CC2)cc1. The van der Waals surface area contributed by atoms with Gasteiger partial charge < -0.3 is 25.0 Å². The van der Waals surface area contributed by atoms with Crippen molar-refractivity contribution < 1.29 is 27.8 Å². The van der Waals surface area contributed by atoms with Crippen molar-refractivity contribution in [3.8, 4) is 5.75 Å². The van der Waals surface area contributed by atoms with E-state index in [0.29, 0.717) is 24.7 Å². The van der Waals surface area contributed by atoms with Gasteiger partial charge in [0.15, 0.2) is 11.6 Å². The number of methoxy groups -OCH3 is 1. The number of imide groups is 1. The van der Waals surface area contributed by atoms with E-state index >= 15 is 0 Å². The monoisotopic (exact) mass is 474 g/mol. The third-order valence-electron chi connectivity index (χ3n) is 6.19. The van der Waals surface area contributed by atoms with Crippen LogP contribution in [0, 0.1) is 11.6 Å². The van der Waals surface area contributed by atoms with Crippen molar-refractivity contribution in [1.82, 2.24) is 15.5 Å². The zero-order valence-corrected chi connectivity index (χ0v) is 18.9. The summed E-state index contributed by atoms with van der Waals surface area (Å²) in [6, 6.07) is 10.2. The van der Waals surface area contributed by atoms with Crippen LogP contribution in [0.2, 0.25) is 0 Å². The Morgan fingerprint density at radius 2 is 1.82 bits per heavy atom. The maximum absolute atomic E-state index is 13.6. The second kappa shape index (κ2) is 10.7. The molecule has 2 fully saturated rings. The molecule has 2 aliphatic heterocycles. The first-order valence-electron chi connectivity index (χ1n) is 11.3. The lowest BCUT2D eigenvalue weighted by molar-refractivity contribution is 0.158. The van der Waals surface area contributed by atoms with Gasteiger partial charge in [0.2, 0.25) is 0 Å². The summed E-state index contributed by atoms with van der Waals surface area (Å²) in [7, 11) is 1.65. The van der Waals surface area contributed by atoms with Crippen LogP contribution in [-0.2, 0) is 4.74 Å². The van der Waals surface area contributed by atoms with Crippen molar-refractivity contribution >= 4 is 17.8 Å². The summed E-state index contributed by atoms with van der Waals surface area (Å²) in [6.45, 7) is 2.59. The molecule has 34 heavy (non-hydrogen) atoms. The molecule has 0 saturated carbocycles. The largest absolute Gasteiger partial charge is 0.497 e. The first kappa shape index (κ1) is 23.7. The number of carbonyl (C=O) groups is 2. The lowest BCUT2D eigenvalue weighted by atomic mass is 10.0. The second-order valence-electron chi connectivity index (χ2n) is 8.28. The number of benzene rings is 2. The van der Waals surface area contributed by atoms with E-state index in [4.69, 9.17) is 9.47 Å². The van der Waals surface area contributed by atoms with Crippen LogP contribution in [0.5, 0.6) is 5.75 Å². The van der Waals surface area contributed by atoms with Gasteiger partial charge in [-0.1, -0.05) is 6.07 Å². The van der Waals surface area contributed by atoms with Crippen LogP contribution in [0.25, 0.3) is 0 Å². The van der Waals surface area contributed by atoms with Gasteiger partial charge in [0.25, 0.3) is 0 Å². The van der Waals surface area contributed by atoms with E-state index in [1.165, 1.54) is 11.8 Å². The Morgan fingerprint density at radius 3 is 2.50 bits per heavy atom. The van der Waals surface area contributed by atoms with Crippen molar-refractivity contribution in [1.29, 1.82) is 0 Å². The van der Waals surface area contributed by atoms with Crippen molar-refractivity contribution in [3.63, 3.8) is 0 Å². The maximum Gasteiger partial charge on any atom is 0.418 e. The number of ether oxygens (including phenoxy) is 2. The zero-order valence-electron chi connectivity index (χ0n) is 18.9. The minimum absolute atomic E-state index is 0.109. The molecule has 1 atom stereocenters. The molecule has 182 valence electrons. The molecule has 2 saturated heterocycles. The first-order chi connectivity index (χ1) is 16.5. The predicted molar refractivity (Wildman–Crippen MR) is 122 cm³/mol. The Morgan fingerprint density at radius 1 is 1.09 bits per heavy atom. The van der Waals surface area contributed by atoms with E-state index in [-0.39, 0.29) is 6.61 Å². The Hall–Kier alpha value is -3.40. The fourth-order valence-corrected chi connectivity index (χ4v) is 4.28. The minimum atomic E-state index is -1.04. The molecule has 0 unspecified atom stereocenters. The predicted octanol–water partition coefficient (Wildman–Crippen LogP) is 3.43. The van der Waals surface area contributed by atoms with Crippen LogP contribution in [0.15, 0.2) is 42.5 Å². The number of nitrogens with one attached hydrogen (secondary N) is 2. The van der Waals surface area contributed by atoms with E-state index < -0.39 is 29.8 Å². The van der Waals surface area contributed by atoms with E-state index in [0.717, 1.165) is 48.7 Å². The minimum Gasteiger partial charge on any atom is -0.497 e. The highest BCUT2D eigenvalue weighted by Crippen LogP contribution is 2.28. The van der Waals surface area contributed by atoms with Gasteiger partial charge in [-0.2, -0.15) is 0 Å². The van der Waals surface area contributed by atoms with Gasteiger partial charge in [-0.15, -0.1) is 0 Å². The van der Waals surface area contributed by atoms with Gasteiger partial charge >= 0.3 is 12.1 Å². The number of urea groups is 1. The molecule has 0 bridgehead atoms. The standard InChI is InChI=1S/C24H28F2N4O4/c1-33-19-5-3-18(4-6-19)29-12-8-17(9-13-29)27-10-11-28-23(31)30-22(15-34-24(30)32)16-2-7-20(25)21(26)14-16/h2-7,14,17,22,27H,8-13,15H2,1H3,(H,28,31)/t22-/m1/s1. The average Bonchev–Trinajstić information content (AvgIpc) is 3.25. The summed E-state index contributed by atoms with van der Waals surface area (Å²) in [5.74, 6) is -1.20. The molecular weight excluding hydrogens is 446 g/mol. The molecule has 4 rings (SSSR count). The van der Waals surface area contributed by atoms with Crippen LogP contribution < -0.4 is 20.3 Å². The van der Waals surface area contributed by atoms with Gasteiger partial charge in [-0.3, -0.25) is 0 Å². The summed E-state index contributed by atoms with van der Waals surface area (Å²) in [6.07, 6.45) is 1.12.